The number of ether oxygens (including phenoxy) is 2. The molecule has 1 aromatic carbocycles. The van der Waals surface area contributed by atoms with Gasteiger partial charge in [-0.1, -0.05) is 19.1 Å². The number of nitrogens with zero attached hydrogens (tertiary/aromatic N) is 2. The molecule has 0 unspecified atom stereocenters. The molecule has 6 nitrogen and oxygen atoms in total. The van der Waals surface area contributed by atoms with Crippen molar-refractivity contribution in [3.8, 4) is 11.5 Å². The summed E-state index contributed by atoms with van der Waals surface area (Å²) in [6.07, 6.45) is 2.82. The second kappa shape index (κ2) is 10.7. The van der Waals surface area contributed by atoms with Gasteiger partial charge in [-0.2, -0.15) is 8.78 Å². The first-order valence-electron chi connectivity index (χ1n) is 8.64. The third kappa shape index (κ3) is 6.35. The molecule has 2 aromatic rings. The van der Waals surface area contributed by atoms with E-state index in [4.69, 9.17) is 4.74 Å². The van der Waals surface area contributed by atoms with E-state index in [1.54, 1.807) is 43.5 Å². The normalized spacial score (nSPS) is 11.6. The number of hydrogen-bond acceptors (Lipinski definition) is 5. The Hall–Kier alpha value is -2.42. The lowest BCUT2D eigenvalue weighted by Crippen LogP contribution is -2.36. The molecule has 0 fully saturated rings. The van der Waals surface area contributed by atoms with Crippen molar-refractivity contribution >= 4 is 17.3 Å². The van der Waals surface area contributed by atoms with Crippen LogP contribution in [0, 0.1) is 0 Å². The number of rotatable bonds is 9. The van der Waals surface area contributed by atoms with Gasteiger partial charge in [0.15, 0.2) is 17.5 Å². The van der Waals surface area contributed by atoms with E-state index in [9.17, 15) is 8.78 Å². The Morgan fingerprint density at radius 1 is 1.26 bits per heavy atom. The number of halogens is 2. The summed E-state index contributed by atoms with van der Waals surface area (Å²) < 4.78 is 35.6. The van der Waals surface area contributed by atoms with E-state index >= 15 is 0 Å². The van der Waals surface area contributed by atoms with Crippen LogP contribution >= 0.6 is 11.3 Å². The van der Waals surface area contributed by atoms with E-state index in [1.165, 1.54) is 4.88 Å². The highest BCUT2D eigenvalue weighted by Crippen LogP contribution is 2.32. The van der Waals surface area contributed by atoms with E-state index in [2.05, 4.69) is 32.3 Å². The average molecular weight is 398 g/mol. The van der Waals surface area contributed by atoms with E-state index in [1.807, 2.05) is 6.20 Å². The molecule has 9 heteroatoms. The third-order valence-corrected chi connectivity index (χ3v) is 4.74. The van der Waals surface area contributed by atoms with Crippen molar-refractivity contribution in [1.82, 2.24) is 15.6 Å². The molecule has 1 heterocycles. The first-order valence-corrected chi connectivity index (χ1v) is 9.46. The molecule has 0 aliphatic rings. The third-order valence-electron chi connectivity index (χ3n) is 3.59. The fourth-order valence-electron chi connectivity index (χ4n) is 2.34. The molecular formula is C18H24F2N4O2S. The van der Waals surface area contributed by atoms with Crippen LogP contribution in [-0.2, 0) is 19.5 Å². The van der Waals surface area contributed by atoms with Crippen molar-refractivity contribution in [2.75, 3.05) is 13.7 Å². The fraction of sp³-hybridized carbons (Fsp3) is 0.444. The number of benzene rings is 1. The van der Waals surface area contributed by atoms with E-state index in [-0.39, 0.29) is 18.0 Å². The molecule has 0 aliphatic heterocycles. The van der Waals surface area contributed by atoms with E-state index in [0.29, 0.717) is 24.7 Å². The summed E-state index contributed by atoms with van der Waals surface area (Å²) in [4.78, 5) is 9.71. The van der Waals surface area contributed by atoms with Crippen LogP contribution in [0.1, 0.15) is 29.3 Å². The van der Waals surface area contributed by atoms with Crippen molar-refractivity contribution in [2.24, 2.45) is 4.99 Å². The minimum absolute atomic E-state index is 0.0322. The smallest absolute Gasteiger partial charge is 0.387 e. The van der Waals surface area contributed by atoms with Gasteiger partial charge in [-0.3, -0.25) is 4.99 Å². The SMILES string of the molecule is CCOc1cccc(CNC(=NC)NCc2ncc(CC)s2)c1OC(F)F. The Morgan fingerprint density at radius 2 is 2.04 bits per heavy atom. The molecule has 0 spiro atoms. The van der Waals surface area contributed by atoms with Gasteiger partial charge >= 0.3 is 6.61 Å². The Balaban J connectivity index is 2.01. The van der Waals surface area contributed by atoms with Crippen LogP contribution in [0.4, 0.5) is 8.78 Å². The van der Waals surface area contributed by atoms with Gasteiger partial charge in [0.25, 0.3) is 0 Å². The number of para-hydroxylation sites is 1. The van der Waals surface area contributed by atoms with Crippen molar-refractivity contribution in [2.45, 2.75) is 40.0 Å². The zero-order valence-corrected chi connectivity index (χ0v) is 16.4. The van der Waals surface area contributed by atoms with Crippen LogP contribution in [-0.4, -0.2) is 31.2 Å². The first-order chi connectivity index (χ1) is 13.1. The molecule has 0 saturated heterocycles. The quantitative estimate of drug-likeness (QED) is 0.499. The molecule has 0 bridgehead atoms. The number of nitrogens with one attached hydrogen (secondary N) is 2. The van der Waals surface area contributed by atoms with Gasteiger partial charge in [0.05, 0.1) is 13.2 Å². The number of aliphatic imine (C=N–C) groups is 1. The number of aromatic nitrogens is 1. The number of guanidine groups is 1. The molecule has 27 heavy (non-hydrogen) atoms. The Bertz CT molecular complexity index is 753. The topological polar surface area (TPSA) is 67.8 Å². The van der Waals surface area contributed by atoms with E-state index < -0.39 is 6.61 Å². The molecule has 0 atom stereocenters. The zero-order chi connectivity index (χ0) is 19.6. The lowest BCUT2D eigenvalue weighted by atomic mass is 10.2. The molecule has 148 valence electrons. The van der Waals surface area contributed by atoms with Crippen LogP contribution < -0.4 is 20.1 Å². The standard InChI is InChI=1S/C18H24F2N4O2S/c1-4-13-10-22-15(27-13)11-24-18(21-3)23-9-12-7-6-8-14(25-5-2)16(12)26-17(19)20/h6-8,10,17H,4-5,9,11H2,1-3H3,(H2,21,23,24). The molecular weight excluding hydrogens is 374 g/mol. The predicted molar refractivity (Wildman–Crippen MR) is 103 cm³/mol. The minimum Gasteiger partial charge on any atom is -0.490 e. The number of aryl methyl sites for hydroxylation is 1. The van der Waals surface area contributed by atoms with Crippen LogP contribution in [0.3, 0.4) is 0 Å². The van der Waals surface area contributed by atoms with Gasteiger partial charge < -0.3 is 20.1 Å². The molecule has 0 saturated carbocycles. The second-order valence-electron chi connectivity index (χ2n) is 5.41. The minimum atomic E-state index is -2.93. The Labute approximate surface area is 161 Å². The van der Waals surface area contributed by atoms with Gasteiger partial charge in [-0.15, -0.1) is 11.3 Å². The van der Waals surface area contributed by atoms with Gasteiger partial charge in [0, 0.05) is 30.2 Å². The van der Waals surface area contributed by atoms with E-state index in [0.717, 1.165) is 11.4 Å². The summed E-state index contributed by atoms with van der Waals surface area (Å²) in [5.74, 6) is 0.854. The van der Waals surface area contributed by atoms with Crippen LogP contribution in [0.2, 0.25) is 0 Å². The number of hydrogen-bond donors (Lipinski definition) is 2. The highest BCUT2D eigenvalue weighted by atomic mass is 32.1. The maximum Gasteiger partial charge on any atom is 0.387 e. The molecule has 2 N–H and O–H groups in total. The maximum atomic E-state index is 12.8. The summed E-state index contributed by atoms with van der Waals surface area (Å²) >= 11 is 1.64. The summed E-state index contributed by atoms with van der Waals surface area (Å²) in [6.45, 7) is 2.07. The van der Waals surface area contributed by atoms with Gasteiger partial charge in [0.1, 0.15) is 5.01 Å². The van der Waals surface area contributed by atoms with Crippen molar-refractivity contribution in [3.63, 3.8) is 0 Å². The van der Waals surface area contributed by atoms with Crippen molar-refractivity contribution in [1.29, 1.82) is 0 Å². The summed E-state index contributed by atoms with van der Waals surface area (Å²) in [6, 6.07) is 5.04. The Kier molecular flexibility index (Phi) is 8.25. The van der Waals surface area contributed by atoms with Gasteiger partial charge in [-0.05, 0) is 19.4 Å². The van der Waals surface area contributed by atoms with Crippen LogP contribution in [0.25, 0.3) is 0 Å². The molecule has 0 radical (unpaired) electrons. The fourth-order valence-corrected chi connectivity index (χ4v) is 3.15. The zero-order valence-electron chi connectivity index (χ0n) is 15.6. The molecule has 2 rings (SSSR count). The summed E-state index contributed by atoms with van der Waals surface area (Å²) in [5, 5.41) is 7.21. The second-order valence-corrected chi connectivity index (χ2v) is 6.61. The first kappa shape index (κ1) is 20.9. The highest BCUT2D eigenvalue weighted by Gasteiger charge is 2.16. The summed E-state index contributed by atoms with van der Waals surface area (Å²) in [5.41, 5.74) is 0.548. The van der Waals surface area contributed by atoms with Crippen LogP contribution in [0.5, 0.6) is 11.5 Å². The number of alkyl halides is 2. The molecule has 0 amide bonds. The summed E-state index contributed by atoms with van der Waals surface area (Å²) in [7, 11) is 1.64. The van der Waals surface area contributed by atoms with Crippen LogP contribution in [0.15, 0.2) is 29.4 Å². The lowest BCUT2D eigenvalue weighted by Gasteiger charge is -2.17. The predicted octanol–water partition coefficient (Wildman–Crippen LogP) is 3.57. The monoisotopic (exact) mass is 398 g/mol. The average Bonchev–Trinajstić information content (AvgIpc) is 3.12. The maximum absolute atomic E-state index is 12.8. The highest BCUT2D eigenvalue weighted by molar-refractivity contribution is 7.11. The van der Waals surface area contributed by atoms with Gasteiger partial charge in [0.2, 0.25) is 0 Å². The van der Waals surface area contributed by atoms with Gasteiger partial charge in [-0.25, -0.2) is 4.98 Å². The molecule has 1 aromatic heterocycles. The Morgan fingerprint density at radius 3 is 2.67 bits per heavy atom. The van der Waals surface area contributed by atoms with Crippen molar-refractivity contribution < 1.29 is 18.3 Å². The largest absolute Gasteiger partial charge is 0.490 e. The number of thiazole rings is 1. The lowest BCUT2D eigenvalue weighted by molar-refractivity contribution is -0.0520. The van der Waals surface area contributed by atoms with Crippen molar-refractivity contribution in [3.05, 3.63) is 39.8 Å². The molecule has 0 aliphatic carbocycles.